The van der Waals surface area contributed by atoms with Crippen LogP contribution in [0.1, 0.15) is 20.7 Å². The van der Waals surface area contributed by atoms with Crippen molar-refractivity contribution in [2.24, 2.45) is 0 Å². The number of fused-ring (bicyclic) bond motifs is 2. The molecule has 1 aliphatic heterocycles. The third-order valence-corrected chi connectivity index (χ3v) is 4.40. The van der Waals surface area contributed by atoms with Crippen molar-refractivity contribution >= 4 is 22.9 Å². The molecule has 0 fully saturated rings. The van der Waals surface area contributed by atoms with E-state index in [-0.39, 0.29) is 16.5 Å². The van der Waals surface area contributed by atoms with E-state index in [1.165, 1.54) is 24.3 Å². The van der Waals surface area contributed by atoms with Crippen molar-refractivity contribution in [3.05, 3.63) is 77.1 Å². The molecule has 3 N–H and O–H groups in total. The Labute approximate surface area is 152 Å². The molecule has 0 saturated carbocycles. The lowest BCUT2D eigenvalue weighted by atomic mass is 9.90. The number of carboxylic acid groups (broad SMARTS) is 2. The number of aromatic carboxylic acids is 2. The summed E-state index contributed by atoms with van der Waals surface area (Å²) in [5.41, 5.74) is 2.27. The normalized spacial score (nSPS) is 11.0. The summed E-state index contributed by atoms with van der Waals surface area (Å²) in [5.74, 6) is -1.77. The van der Waals surface area contributed by atoms with E-state index in [1.54, 1.807) is 36.4 Å². The summed E-state index contributed by atoms with van der Waals surface area (Å²) in [6.45, 7) is 0. The fourth-order valence-corrected chi connectivity index (χ4v) is 3.20. The largest absolute Gasteiger partial charge is 0.478 e. The molecule has 4 rings (SSSR count). The average molecular weight is 359 g/mol. The molecule has 6 heteroatoms. The fraction of sp³-hybridized carbons (Fsp3) is 0. The van der Waals surface area contributed by atoms with Crippen molar-refractivity contribution in [3.63, 3.8) is 0 Å². The van der Waals surface area contributed by atoms with E-state index in [0.717, 1.165) is 0 Å². The van der Waals surface area contributed by atoms with E-state index in [9.17, 15) is 19.8 Å². The van der Waals surface area contributed by atoms with E-state index < -0.39 is 11.9 Å². The first kappa shape index (κ1) is 16.5. The van der Waals surface area contributed by atoms with Crippen molar-refractivity contribution in [1.82, 2.24) is 0 Å². The Hall–Kier alpha value is -3.93. The molecular weight excluding hydrogens is 346 g/mol. The second-order valence-electron chi connectivity index (χ2n) is 6.05. The number of hydrogen-bond acceptors (Lipinski definition) is 4. The zero-order valence-corrected chi connectivity index (χ0v) is 13.9. The van der Waals surface area contributed by atoms with Crippen LogP contribution in [0.2, 0.25) is 0 Å². The van der Waals surface area contributed by atoms with Crippen LogP contribution in [0.5, 0.6) is 0 Å². The van der Waals surface area contributed by atoms with Crippen LogP contribution in [-0.2, 0) is 0 Å². The number of carboxylic acids is 2. The highest BCUT2D eigenvalue weighted by atomic mass is 16.4. The van der Waals surface area contributed by atoms with Crippen LogP contribution in [0.4, 0.5) is 0 Å². The molecule has 1 heterocycles. The summed E-state index contributed by atoms with van der Waals surface area (Å²) < 4.78 is 5.85. The van der Waals surface area contributed by atoms with Crippen LogP contribution in [0.15, 0.2) is 65.1 Å². The minimum atomic E-state index is -1.09. The predicted molar refractivity (Wildman–Crippen MR) is 98.0 cm³/mol. The first-order chi connectivity index (χ1) is 13.0. The third-order valence-electron chi connectivity index (χ3n) is 4.40. The van der Waals surface area contributed by atoms with Gasteiger partial charge in [0.15, 0.2) is 0 Å². The molecule has 0 spiro atoms. The lowest BCUT2D eigenvalue weighted by Crippen LogP contribution is -2.04. The van der Waals surface area contributed by atoms with Gasteiger partial charge in [-0.05, 0) is 42.0 Å². The molecule has 0 atom stereocenters. The minimum Gasteiger partial charge on any atom is -0.478 e. The van der Waals surface area contributed by atoms with Crippen LogP contribution >= 0.6 is 0 Å². The molecule has 2 aromatic rings. The maximum atomic E-state index is 11.7. The Morgan fingerprint density at radius 1 is 0.852 bits per heavy atom. The van der Waals surface area contributed by atoms with Crippen molar-refractivity contribution in [2.45, 2.75) is 0 Å². The number of rotatable bonds is 3. The van der Waals surface area contributed by atoms with Gasteiger partial charge in [0.25, 0.3) is 0 Å². The number of nitrogens with one attached hydrogen (secondary N) is 1. The molecule has 2 aliphatic rings. The summed E-state index contributed by atoms with van der Waals surface area (Å²) in [4.78, 5) is 23.0. The Kier molecular flexibility index (Phi) is 3.74. The molecule has 0 unspecified atom stereocenters. The first-order valence-electron chi connectivity index (χ1n) is 8.07. The van der Waals surface area contributed by atoms with Gasteiger partial charge < -0.3 is 20.0 Å². The van der Waals surface area contributed by atoms with Crippen LogP contribution in [-0.4, -0.2) is 22.2 Å². The lowest BCUT2D eigenvalue weighted by Gasteiger charge is -2.17. The number of benzene rings is 3. The van der Waals surface area contributed by atoms with Crippen LogP contribution in [0.3, 0.4) is 0 Å². The van der Waals surface area contributed by atoms with Gasteiger partial charge in [-0.15, -0.1) is 0 Å². The van der Waals surface area contributed by atoms with Gasteiger partial charge in [0.05, 0.1) is 16.5 Å². The molecular formula is C21H13NO5. The minimum absolute atomic E-state index is 0.0603. The third kappa shape index (κ3) is 2.73. The lowest BCUT2D eigenvalue weighted by molar-refractivity contribution is 0.0686. The van der Waals surface area contributed by atoms with Crippen LogP contribution in [0.25, 0.3) is 33.4 Å². The maximum Gasteiger partial charge on any atom is 0.336 e. The van der Waals surface area contributed by atoms with E-state index in [2.05, 4.69) is 0 Å². The highest BCUT2D eigenvalue weighted by Gasteiger charge is 2.21. The van der Waals surface area contributed by atoms with Gasteiger partial charge in [-0.25, -0.2) is 9.59 Å². The summed E-state index contributed by atoms with van der Waals surface area (Å²) in [5, 5.41) is 27.5. The zero-order valence-electron chi connectivity index (χ0n) is 13.9. The molecule has 0 saturated heterocycles. The number of hydrogen-bond donors (Lipinski definition) is 3. The second kappa shape index (κ2) is 6.10. The van der Waals surface area contributed by atoms with Gasteiger partial charge >= 0.3 is 11.9 Å². The fourth-order valence-electron chi connectivity index (χ4n) is 3.20. The smallest absolute Gasteiger partial charge is 0.336 e. The van der Waals surface area contributed by atoms with E-state index in [0.29, 0.717) is 33.4 Å². The van der Waals surface area contributed by atoms with E-state index >= 15 is 0 Å². The summed E-state index contributed by atoms with van der Waals surface area (Å²) in [7, 11) is 0. The topological polar surface area (TPSA) is 112 Å². The van der Waals surface area contributed by atoms with Crippen molar-refractivity contribution < 1.29 is 24.2 Å². The molecule has 27 heavy (non-hydrogen) atoms. The molecule has 0 aromatic heterocycles. The van der Waals surface area contributed by atoms with Gasteiger partial charge in [-0.2, -0.15) is 0 Å². The summed E-state index contributed by atoms with van der Waals surface area (Å²) in [6.07, 6.45) is 0. The molecule has 132 valence electrons. The maximum absolute atomic E-state index is 11.7. The Bertz CT molecular complexity index is 1260. The standard InChI is InChI=1S/C21H13NO5/c22-12-6-8-16-18(10-12)27-17-9-11(20(23)24)5-7-15(17)19(16)13-3-1-2-4-14(13)21(25)26/h1-10,22H,(H,23,24)(H,25,26). The average Bonchev–Trinajstić information content (AvgIpc) is 2.65. The highest BCUT2D eigenvalue weighted by molar-refractivity contribution is 6.08. The zero-order chi connectivity index (χ0) is 19.1. The first-order valence-corrected chi connectivity index (χ1v) is 8.07. The monoisotopic (exact) mass is 359 g/mol. The molecule has 2 aromatic carbocycles. The van der Waals surface area contributed by atoms with Crippen molar-refractivity contribution in [1.29, 1.82) is 5.41 Å². The van der Waals surface area contributed by atoms with Gasteiger partial charge in [-0.1, -0.05) is 18.2 Å². The van der Waals surface area contributed by atoms with Gasteiger partial charge in [0.1, 0.15) is 11.3 Å². The SMILES string of the molecule is N=c1ccc2c(-c3ccccc3C(=O)O)c3ccc(C(=O)O)cc3oc-2c1. The highest BCUT2D eigenvalue weighted by Crippen LogP contribution is 2.41. The molecule has 6 nitrogen and oxygen atoms in total. The molecule has 0 amide bonds. The van der Waals surface area contributed by atoms with Crippen molar-refractivity contribution in [3.8, 4) is 22.5 Å². The van der Waals surface area contributed by atoms with Crippen molar-refractivity contribution in [2.75, 3.05) is 0 Å². The molecule has 0 bridgehead atoms. The van der Waals surface area contributed by atoms with Gasteiger partial charge in [-0.3, -0.25) is 0 Å². The predicted octanol–water partition coefficient (Wildman–Crippen LogP) is 4.08. The van der Waals surface area contributed by atoms with Gasteiger partial charge in [0.2, 0.25) is 0 Å². The second-order valence-corrected chi connectivity index (χ2v) is 6.05. The number of carbonyl (C=O) groups is 2. The molecule has 0 radical (unpaired) electrons. The Balaban J connectivity index is 2.19. The van der Waals surface area contributed by atoms with Crippen LogP contribution < -0.4 is 5.36 Å². The quantitative estimate of drug-likeness (QED) is 0.477. The Morgan fingerprint density at radius 2 is 1.63 bits per heavy atom. The van der Waals surface area contributed by atoms with E-state index in [1.807, 2.05) is 0 Å². The van der Waals surface area contributed by atoms with Gasteiger partial charge in [0, 0.05) is 22.6 Å². The molecule has 1 aliphatic carbocycles. The Morgan fingerprint density at radius 3 is 2.37 bits per heavy atom. The van der Waals surface area contributed by atoms with E-state index in [4.69, 9.17) is 9.83 Å². The van der Waals surface area contributed by atoms with Crippen LogP contribution in [0, 0.1) is 5.41 Å². The summed E-state index contributed by atoms with van der Waals surface area (Å²) >= 11 is 0. The summed E-state index contributed by atoms with van der Waals surface area (Å²) in [6, 6.07) is 15.9.